The monoisotopic (exact) mass is 653 g/mol. The molecule has 4 nitrogen and oxygen atoms in total. The number of hydrogen-bond donors (Lipinski definition) is 0. The van der Waals surface area contributed by atoms with E-state index < -0.39 is 42.3 Å². The quantitative estimate of drug-likeness (QED) is 0.179. The van der Waals surface area contributed by atoms with E-state index in [2.05, 4.69) is 0 Å². The van der Waals surface area contributed by atoms with E-state index in [4.69, 9.17) is 32.3 Å². The van der Waals surface area contributed by atoms with Crippen LogP contribution in [0, 0.1) is 0 Å². The molecule has 0 aliphatic carbocycles. The second kappa shape index (κ2) is 12.4. The van der Waals surface area contributed by atoms with Crippen LogP contribution in [0.3, 0.4) is 0 Å². The molecule has 6 aromatic carbocycles. The summed E-state index contributed by atoms with van der Waals surface area (Å²) in [6.45, 7) is 0. The zero-order valence-electron chi connectivity index (χ0n) is 34.7. The Morgan fingerprint density at radius 1 is 0.429 bits per heavy atom. The summed E-state index contributed by atoms with van der Waals surface area (Å²) >= 11 is 1.00. The maximum Gasteiger partial charge on any atom is 0.160 e. The minimum atomic E-state index is -0.551. The third-order valence-corrected chi connectivity index (χ3v) is 9.24. The largest absolute Gasteiger partial charge is 0.228 e. The van der Waals surface area contributed by atoms with Gasteiger partial charge in [0.25, 0.3) is 0 Å². The summed E-state index contributed by atoms with van der Waals surface area (Å²) in [4.78, 5) is 19.6. The number of rotatable bonds is 6. The minimum Gasteiger partial charge on any atom is -0.228 e. The predicted octanol–water partition coefficient (Wildman–Crippen LogP) is 11.6. The van der Waals surface area contributed by atoms with Crippen LogP contribution < -0.4 is 0 Å². The van der Waals surface area contributed by atoms with Gasteiger partial charge in [0.15, 0.2) is 11.6 Å². The Hall–Kier alpha value is -6.30. The first-order valence-electron chi connectivity index (χ1n) is 20.0. The lowest BCUT2D eigenvalue weighted by Crippen LogP contribution is -1.96. The smallest absolute Gasteiger partial charge is 0.160 e. The van der Waals surface area contributed by atoms with E-state index in [0.29, 0.717) is 11.4 Å². The average molecular weight is 654 g/mol. The van der Waals surface area contributed by atoms with Crippen molar-refractivity contribution in [3.63, 3.8) is 0 Å². The first-order valence-corrected chi connectivity index (χ1v) is 16.3. The zero-order valence-corrected chi connectivity index (χ0v) is 26.5. The molecule has 0 saturated carbocycles. The van der Waals surface area contributed by atoms with Gasteiger partial charge >= 0.3 is 0 Å². The van der Waals surface area contributed by atoms with Crippen LogP contribution in [0.15, 0.2) is 170 Å². The van der Waals surface area contributed by atoms with Crippen molar-refractivity contribution in [2.24, 2.45) is 0 Å². The minimum absolute atomic E-state index is 0.0367. The molecular weight excluding hydrogens is 617 g/mol. The predicted molar refractivity (Wildman–Crippen MR) is 203 cm³/mol. The highest BCUT2D eigenvalue weighted by atomic mass is 32.1. The molecular formula is C44H28N4S. The van der Waals surface area contributed by atoms with Crippen molar-refractivity contribution >= 4 is 31.6 Å². The molecule has 3 aromatic heterocycles. The fraction of sp³-hybridized carbons (Fsp3) is 0. The van der Waals surface area contributed by atoms with Crippen molar-refractivity contribution < 1.29 is 12.3 Å². The number of aromatic nitrogens is 4. The molecule has 0 aliphatic rings. The fourth-order valence-electron chi connectivity index (χ4n) is 5.79. The van der Waals surface area contributed by atoms with E-state index in [0.717, 1.165) is 50.5 Å². The molecule has 49 heavy (non-hydrogen) atoms. The summed E-state index contributed by atoms with van der Waals surface area (Å²) in [6.07, 6.45) is 0. The summed E-state index contributed by atoms with van der Waals surface area (Å²) in [5.74, 6) is 0.743. The topological polar surface area (TPSA) is 51.6 Å². The summed E-state index contributed by atoms with van der Waals surface area (Å²) < 4.78 is 77.2. The van der Waals surface area contributed by atoms with Crippen molar-refractivity contribution in [1.82, 2.24) is 19.9 Å². The average Bonchev–Trinajstić information content (AvgIpc) is 3.67. The highest BCUT2D eigenvalue weighted by Gasteiger charge is 2.17. The molecule has 0 bridgehead atoms. The highest BCUT2D eigenvalue weighted by molar-refractivity contribution is 7.26. The highest BCUT2D eigenvalue weighted by Crippen LogP contribution is 2.40. The number of fused-ring (bicyclic) bond motifs is 3. The van der Waals surface area contributed by atoms with Gasteiger partial charge in [0.2, 0.25) is 0 Å². The first-order chi connectivity index (χ1) is 28.0. The van der Waals surface area contributed by atoms with Gasteiger partial charge in [0, 0.05) is 37.9 Å². The molecule has 230 valence electrons. The fourth-order valence-corrected chi connectivity index (χ4v) is 6.84. The number of nitrogens with zero attached hydrogens (tertiary/aromatic N) is 4. The van der Waals surface area contributed by atoms with Gasteiger partial charge in [0.1, 0.15) is 0 Å². The van der Waals surface area contributed by atoms with Crippen LogP contribution in [-0.2, 0) is 0 Å². The van der Waals surface area contributed by atoms with Crippen LogP contribution in [0.2, 0.25) is 0 Å². The van der Waals surface area contributed by atoms with Crippen molar-refractivity contribution in [2.45, 2.75) is 0 Å². The second-order valence-electron chi connectivity index (χ2n) is 11.2. The standard InChI is InChI=1S/C44H28N4S/c1-4-14-29(15-5-1)37-28-38(46-43(45-37)31-18-8-3-9-19-31)34-22-12-20-32(26-34)33-21-13-23-35(27-33)44-47-40(30-16-6-2-7-17-30)42-41(48-44)36-24-10-11-25-39(36)49-42/h1-28H/i2D,6D,7D,10D,11D,16D,17D,24D,25D. The molecule has 9 aromatic rings. The van der Waals surface area contributed by atoms with Crippen LogP contribution in [0.4, 0.5) is 0 Å². The molecule has 0 amide bonds. The molecule has 3 heterocycles. The van der Waals surface area contributed by atoms with Crippen LogP contribution in [0.5, 0.6) is 0 Å². The summed E-state index contributed by atoms with van der Waals surface area (Å²) in [5.41, 5.74) is 6.51. The van der Waals surface area contributed by atoms with E-state index in [-0.39, 0.29) is 49.5 Å². The lowest BCUT2D eigenvalue weighted by Gasteiger charge is -2.11. The number of thiophene rings is 1. The van der Waals surface area contributed by atoms with E-state index in [1.54, 1.807) is 6.07 Å². The molecule has 0 radical (unpaired) electrons. The molecule has 0 saturated heterocycles. The van der Waals surface area contributed by atoms with Crippen LogP contribution in [0.25, 0.3) is 88.0 Å². The molecule has 0 unspecified atom stereocenters. The van der Waals surface area contributed by atoms with Gasteiger partial charge in [-0.1, -0.05) is 145 Å². The van der Waals surface area contributed by atoms with Gasteiger partial charge in [-0.2, -0.15) is 0 Å². The second-order valence-corrected chi connectivity index (χ2v) is 12.3. The van der Waals surface area contributed by atoms with Gasteiger partial charge in [-0.15, -0.1) is 11.3 Å². The third kappa shape index (κ3) is 5.56. The Bertz CT molecular complexity index is 3030. The number of benzene rings is 6. The first kappa shape index (κ1) is 20.8. The molecule has 9 rings (SSSR count). The Balaban J connectivity index is 1.22. The van der Waals surface area contributed by atoms with Crippen LogP contribution in [0.1, 0.15) is 12.3 Å². The van der Waals surface area contributed by atoms with E-state index in [1.807, 2.05) is 109 Å². The normalized spacial score (nSPS) is 13.8. The zero-order chi connectivity index (χ0) is 40.4. The van der Waals surface area contributed by atoms with Gasteiger partial charge in [-0.3, -0.25) is 0 Å². The lowest BCUT2D eigenvalue weighted by molar-refractivity contribution is 1.18. The molecule has 0 aliphatic heterocycles. The molecule has 0 spiro atoms. The Labute approximate surface area is 300 Å². The van der Waals surface area contributed by atoms with E-state index >= 15 is 0 Å². The Morgan fingerprint density at radius 3 is 1.76 bits per heavy atom. The third-order valence-electron chi connectivity index (χ3n) is 8.14. The van der Waals surface area contributed by atoms with Crippen molar-refractivity contribution in [3.05, 3.63) is 170 Å². The van der Waals surface area contributed by atoms with Crippen molar-refractivity contribution in [1.29, 1.82) is 0 Å². The van der Waals surface area contributed by atoms with Gasteiger partial charge in [-0.25, -0.2) is 19.9 Å². The number of hydrogen-bond acceptors (Lipinski definition) is 5. The van der Waals surface area contributed by atoms with Gasteiger partial charge < -0.3 is 0 Å². The van der Waals surface area contributed by atoms with E-state index in [9.17, 15) is 0 Å². The SMILES string of the molecule is [2H]c1c([2H])c([2H])c(-c2nc(-c3cccc(-c4cccc(-c5cc(-c6ccccc6)nc(-c6ccccc6)n5)c4)c3)nc3c2sc2c([2H])c([2H])c([2H])c([2H])c23)c([2H])c1[2H]. The molecule has 0 atom stereocenters. The van der Waals surface area contributed by atoms with Crippen molar-refractivity contribution in [3.8, 4) is 67.7 Å². The Kier molecular flexibility index (Phi) is 5.26. The van der Waals surface area contributed by atoms with Crippen LogP contribution in [-0.4, -0.2) is 19.9 Å². The van der Waals surface area contributed by atoms with Crippen LogP contribution >= 0.6 is 11.3 Å². The lowest BCUT2D eigenvalue weighted by atomic mass is 9.99. The summed E-state index contributed by atoms with van der Waals surface area (Å²) in [7, 11) is 0. The van der Waals surface area contributed by atoms with Gasteiger partial charge in [0.05, 0.1) is 39.6 Å². The maximum absolute atomic E-state index is 8.80. The Morgan fingerprint density at radius 2 is 1.00 bits per heavy atom. The summed E-state index contributed by atoms with van der Waals surface area (Å²) in [5, 5.41) is 0.168. The van der Waals surface area contributed by atoms with Crippen molar-refractivity contribution in [2.75, 3.05) is 0 Å². The maximum atomic E-state index is 8.80. The summed E-state index contributed by atoms with van der Waals surface area (Å²) in [6, 6.07) is 33.2. The molecule has 0 fully saturated rings. The van der Waals surface area contributed by atoms with E-state index in [1.165, 1.54) is 0 Å². The molecule has 0 N–H and O–H groups in total. The van der Waals surface area contributed by atoms with Gasteiger partial charge in [-0.05, 0) is 35.4 Å². The molecule has 5 heteroatoms.